The zero-order valence-electron chi connectivity index (χ0n) is 19.9. The van der Waals surface area contributed by atoms with Crippen molar-refractivity contribution < 1.29 is 23.9 Å². The van der Waals surface area contributed by atoms with Crippen LogP contribution in [0.25, 0.3) is 6.08 Å². The van der Waals surface area contributed by atoms with E-state index in [-0.39, 0.29) is 17.6 Å². The molecule has 0 radical (unpaired) electrons. The first kappa shape index (κ1) is 22.2. The number of carbonyl (C=O) groups excluding carboxylic acids is 3. The number of ketones is 1. The Bertz CT molecular complexity index is 1230. The Kier molecular flexibility index (Phi) is 5.04. The number of hydrogen-bond acceptors (Lipinski definition) is 6. The fourth-order valence-corrected chi connectivity index (χ4v) is 5.51. The maximum Gasteiger partial charge on any atom is 0.240 e. The number of amides is 2. The molecular weight excluding hydrogens is 432 g/mol. The summed E-state index contributed by atoms with van der Waals surface area (Å²) in [5.74, 6) is -1.36. The molecule has 176 valence electrons. The second kappa shape index (κ2) is 7.72. The van der Waals surface area contributed by atoms with Crippen LogP contribution in [0, 0.1) is 17.3 Å². The zero-order chi connectivity index (χ0) is 24.4. The second-order valence-electron chi connectivity index (χ2n) is 10.00. The van der Waals surface area contributed by atoms with Gasteiger partial charge in [0.2, 0.25) is 11.8 Å². The Balaban J connectivity index is 1.68. The summed E-state index contributed by atoms with van der Waals surface area (Å²) in [7, 11) is 3.02. The molecule has 2 saturated heterocycles. The number of nitrogens with zero attached hydrogens (tertiary/aromatic N) is 2. The number of carbonyl (C=O) groups is 3. The molecular formula is C27H28N2O5. The molecule has 0 spiro atoms. The zero-order valence-corrected chi connectivity index (χ0v) is 19.9. The number of benzene rings is 2. The van der Waals surface area contributed by atoms with E-state index in [0.717, 1.165) is 11.1 Å². The minimum atomic E-state index is -0.795. The molecule has 3 aliphatic heterocycles. The third kappa shape index (κ3) is 3.06. The highest BCUT2D eigenvalue weighted by Gasteiger charge is 2.65. The Morgan fingerprint density at radius 1 is 0.941 bits per heavy atom. The maximum absolute atomic E-state index is 14.0. The summed E-state index contributed by atoms with van der Waals surface area (Å²) in [6.45, 7) is 5.55. The third-order valence-electron chi connectivity index (χ3n) is 7.10. The Morgan fingerprint density at radius 3 is 2.32 bits per heavy atom. The van der Waals surface area contributed by atoms with E-state index in [9.17, 15) is 14.4 Å². The molecule has 34 heavy (non-hydrogen) atoms. The lowest BCUT2D eigenvalue weighted by atomic mass is 9.79. The fourth-order valence-electron chi connectivity index (χ4n) is 5.51. The van der Waals surface area contributed by atoms with Crippen molar-refractivity contribution in [2.24, 2.45) is 17.3 Å². The van der Waals surface area contributed by atoms with Gasteiger partial charge in [-0.25, -0.2) is 4.90 Å². The molecule has 5 rings (SSSR count). The molecule has 0 bridgehead atoms. The molecule has 0 aromatic heterocycles. The summed E-state index contributed by atoms with van der Waals surface area (Å²) in [5.41, 5.74) is 1.59. The maximum atomic E-state index is 14.0. The number of rotatable bonds is 4. The van der Waals surface area contributed by atoms with Crippen LogP contribution in [0.1, 0.15) is 37.9 Å². The lowest BCUT2D eigenvalue weighted by molar-refractivity contribution is -0.135. The molecule has 4 atom stereocenters. The third-order valence-corrected chi connectivity index (χ3v) is 7.10. The van der Waals surface area contributed by atoms with E-state index in [0.29, 0.717) is 17.2 Å². The van der Waals surface area contributed by atoms with Gasteiger partial charge in [0.1, 0.15) is 17.5 Å². The molecule has 2 aromatic rings. The fraction of sp³-hybridized carbons (Fsp3) is 0.370. The number of fused-ring (bicyclic) bond motifs is 5. The van der Waals surface area contributed by atoms with Gasteiger partial charge in [0.15, 0.2) is 5.78 Å². The number of Topliss-reactive ketones (excluding diaryl/α,β-unsaturated/α-hetero) is 1. The highest BCUT2D eigenvalue weighted by molar-refractivity contribution is 6.24. The number of methoxy groups -OCH3 is 2. The molecule has 0 saturated carbocycles. The SMILES string of the molecule is COc1ccc(OC)c(N2C(=O)[C@@H]3[C@H](C2=O)[C@H]2c4ccccc4C=CN2[C@@H]3C(=O)C(C)(C)C)c1. The molecule has 0 aliphatic carbocycles. The molecule has 2 fully saturated rings. The van der Waals surface area contributed by atoms with Crippen molar-refractivity contribution in [1.29, 1.82) is 0 Å². The number of hydrogen-bond donors (Lipinski definition) is 0. The summed E-state index contributed by atoms with van der Waals surface area (Å²) in [4.78, 5) is 44.8. The Labute approximate surface area is 198 Å². The van der Waals surface area contributed by atoms with Gasteiger partial charge in [-0.2, -0.15) is 0 Å². The summed E-state index contributed by atoms with van der Waals surface area (Å²) >= 11 is 0. The molecule has 0 unspecified atom stereocenters. The predicted octanol–water partition coefficient (Wildman–Crippen LogP) is 3.83. The predicted molar refractivity (Wildman–Crippen MR) is 127 cm³/mol. The van der Waals surface area contributed by atoms with E-state index in [1.54, 1.807) is 18.2 Å². The van der Waals surface area contributed by atoms with Crippen molar-refractivity contribution in [3.8, 4) is 11.5 Å². The van der Waals surface area contributed by atoms with Gasteiger partial charge in [-0.15, -0.1) is 0 Å². The van der Waals surface area contributed by atoms with Crippen LogP contribution in [0.15, 0.2) is 48.7 Å². The molecule has 2 aromatic carbocycles. The van der Waals surface area contributed by atoms with Crippen LogP contribution < -0.4 is 14.4 Å². The van der Waals surface area contributed by atoms with Crippen molar-refractivity contribution in [2.45, 2.75) is 32.9 Å². The largest absolute Gasteiger partial charge is 0.497 e. The van der Waals surface area contributed by atoms with Gasteiger partial charge in [0.25, 0.3) is 0 Å². The van der Waals surface area contributed by atoms with Gasteiger partial charge in [0.05, 0.1) is 37.8 Å². The highest BCUT2D eigenvalue weighted by Crippen LogP contribution is 2.55. The van der Waals surface area contributed by atoms with Gasteiger partial charge in [-0.3, -0.25) is 14.4 Å². The van der Waals surface area contributed by atoms with Crippen molar-refractivity contribution in [2.75, 3.05) is 19.1 Å². The standard InChI is InChI=1S/C27H28N2O5/c1-27(2,3)24(30)23-21-20(22-17-9-7-6-8-15(17)12-13-28(22)23)25(31)29(26(21)32)18-14-16(33-4)10-11-19(18)34-5/h6-14,20-23H,1-5H3/t20-,21+,22+,23-/m0/s1. The molecule has 2 amide bonds. The Morgan fingerprint density at radius 2 is 1.65 bits per heavy atom. The Hall–Kier alpha value is -3.61. The monoisotopic (exact) mass is 460 g/mol. The molecule has 3 aliphatic rings. The molecule has 3 heterocycles. The first-order valence-electron chi connectivity index (χ1n) is 11.4. The smallest absolute Gasteiger partial charge is 0.240 e. The summed E-state index contributed by atoms with van der Waals surface area (Å²) < 4.78 is 10.8. The van der Waals surface area contributed by atoms with Crippen LogP contribution in [0.4, 0.5) is 5.69 Å². The molecule has 0 N–H and O–H groups in total. The van der Waals surface area contributed by atoms with E-state index < -0.39 is 29.3 Å². The topological polar surface area (TPSA) is 76.2 Å². The molecule has 7 nitrogen and oxygen atoms in total. The van der Waals surface area contributed by atoms with Gasteiger partial charge in [0, 0.05) is 17.7 Å². The van der Waals surface area contributed by atoms with Crippen LogP contribution in [0.2, 0.25) is 0 Å². The van der Waals surface area contributed by atoms with Crippen LogP contribution >= 0.6 is 0 Å². The van der Waals surface area contributed by atoms with Crippen molar-refractivity contribution in [3.05, 3.63) is 59.8 Å². The average molecular weight is 461 g/mol. The van der Waals surface area contributed by atoms with E-state index in [1.165, 1.54) is 19.1 Å². The minimum absolute atomic E-state index is 0.0605. The lowest BCUT2D eigenvalue weighted by Crippen LogP contribution is -2.47. The summed E-state index contributed by atoms with van der Waals surface area (Å²) in [5, 5.41) is 0. The van der Waals surface area contributed by atoms with E-state index in [4.69, 9.17) is 9.47 Å². The second-order valence-corrected chi connectivity index (χ2v) is 10.00. The minimum Gasteiger partial charge on any atom is -0.497 e. The summed E-state index contributed by atoms with van der Waals surface area (Å²) in [6.07, 6.45) is 3.82. The average Bonchev–Trinajstić information content (AvgIpc) is 3.30. The van der Waals surface area contributed by atoms with Gasteiger partial charge in [-0.05, 0) is 29.3 Å². The quantitative estimate of drug-likeness (QED) is 0.646. The van der Waals surface area contributed by atoms with Crippen LogP contribution in [0.5, 0.6) is 11.5 Å². The van der Waals surface area contributed by atoms with E-state index >= 15 is 0 Å². The van der Waals surface area contributed by atoms with Gasteiger partial charge >= 0.3 is 0 Å². The molecule has 7 heteroatoms. The number of ether oxygens (including phenoxy) is 2. The van der Waals surface area contributed by atoms with Crippen LogP contribution in [-0.4, -0.2) is 42.8 Å². The number of anilines is 1. The van der Waals surface area contributed by atoms with Crippen molar-refractivity contribution in [3.63, 3.8) is 0 Å². The number of imide groups is 1. The van der Waals surface area contributed by atoms with E-state index in [2.05, 4.69) is 0 Å². The van der Waals surface area contributed by atoms with Gasteiger partial charge in [-0.1, -0.05) is 45.0 Å². The highest BCUT2D eigenvalue weighted by atomic mass is 16.5. The lowest BCUT2D eigenvalue weighted by Gasteiger charge is -2.37. The normalized spacial score (nSPS) is 25.2. The first-order chi connectivity index (χ1) is 16.2. The summed E-state index contributed by atoms with van der Waals surface area (Å²) in [6, 6.07) is 11.7. The van der Waals surface area contributed by atoms with Crippen molar-refractivity contribution in [1.82, 2.24) is 4.90 Å². The van der Waals surface area contributed by atoms with E-state index in [1.807, 2.05) is 62.2 Å². The van der Waals surface area contributed by atoms with Crippen LogP contribution in [0.3, 0.4) is 0 Å². The van der Waals surface area contributed by atoms with Gasteiger partial charge < -0.3 is 14.4 Å². The van der Waals surface area contributed by atoms with Crippen molar-refractivity contribution >= 4 is 29.4 Å². The van der Waals surface area contributed by atoms with Crippen LogP contribution in [-0.2, 0) is 14.4 Å². The first-order valence-corrected chi connectivity index (χ1v) is 11.4.